The Balaban J connectivity index is 2.26. The van der Waals surface area contributed by atoms with Crippen molar-refractivity contribution in [3.63, 3.8) is 0 Å². The molecule has 0 bridgehead atoms. The number of hydrogen-bond donors (Lipinski definition) is 1. The molecule has 0 aliphatic carbocycles. The Hall–Kier alpha value is -2.50. The second-order valence-electron chi connectivity index (χ2n) is 4.58. The summed E-state index contributed by atoms with van der Waals surface area (Å²) in [4.78, 5) is 21.9. The number of aromatic nitrogens is 2. The average Bonchev–Trinajstić information content (AvgIpc) is 3.03. The first-order valence-electron chi connectivity index (χ1n) is 5.92. The minimum atomic E-state index is -5.10. The number of nitrogens with zero attached hydrogens (tertiary/aromatic N) is 5. The molecule has 1 aliphatic heterocycles. The fraction of sp³-hybridized carbons (Fsp3) is 0.500. The van der Waals surface area contributed by atoms with Crippen LogP contribution in [0.15, 0.2) is 17.5 Å². The molecule has 1 amide bonds. The highest BCUT2D eigenvalue weighted by atomic mass is 19.4. The zero-order valence-electron chi connectivity index (χ0n) is 11.1. The first-order chi connectivity index (χ1) is 10.1. The van der Waals surface area contributed by atoms with E-state index in [1.807, 2.05) is 0 Å². The molecular weight excluding hydrogens is 311 g/mol. The summed E-state index contributed by atoms with van der Waals surface area (Å²) < 4.78 is 39.5. The van der Waals surface area contributed by atoms with Gasteiger partial charge >= 0.3 is 11.9 Å². The number of alkyl halides is 3. The zero-order valence-corrected chi connectivity index (χ0v) is 11.1. The number of nitro groups is 1. The van der Waals surface area contributed by atoms with Crippen molar-refractivity contribution in [2.24, 2.45) is 5.10 Å². The van der Waals surface area contributed by atoms with Gasteiger partial charge in [-0.15, -0.1) is 0 Å². The van der Waals surface area contributed by atoms with Crippen molar-refractivity contribution >= 4 is 17.8 Å². The second-order valence-corrected chi connectivity index (χ2v) is 4.58. The molecule has 2 rings (SSSR count). The van der Waals surface area contributed by atoms with Gasteiger partial charge in [0.05, 0.1) is 4.92 Å². The highest BCUT2D eigenvalue weighted by molar-refractivity contribution is 5.83. The summed E-state index contributed by atoms with van der Waals surface area (Å²) in [5.74, 6) is -1.20. The van der Waals surface area contributed by atoms with Crippen LogP contribution in [0.4, 0.5) is 18.9 Å². The Labute approximate surface area is 120 Å². The van der Waals surface area contributed by atoms with E-state index >= 15 is 0 Å². The Bertz CT molecular complexity index is 643. The predicted molar refractivity (Wildman–Crippen MR) is 64.6 cm³/mol. The van der Waals surface area contributed by atoms with Crippen LogP contribution in [0.5, 0.6) is 0 Å². The van der Waals surface area contributed by atoms with Gasteiger partial charge in [0.15, 0.2) is 0 Å². The lowest BCUT2D eigenvalue weighted by atomic mass is 10.1. The lowest BCUT2D eigenvalue weighted by Crippen LogP contribution is -2.57. The third-order valence-corrected chi connectivity index (χ3v) is 3.14. The van der Waals surface area contributed by atoms with Crippen molar-refractivity contribution in [1.29, 1.82) is 0 Å². The molecule has 0 aromatic carbocycles. The van der Waals surface area contributed by atoms with E-state index in [0.29, 0.717) is 0 Å². The monoisotopic (exact) mass is 321 g/mol. The van der Waals surface area contributed by atoms with Crippen LogP contribution in [-0.2, 0) is 4.79 Å². The van der Waals surface area contributed by atoms with Gasteiger partial charge in [0.25, 0.3) is 11.6 Å². The van der Waals surface area contributed by atoms with E-state index in [9.17, 15) is 33.2 Å². The molecule has 0 saturated carbocycles. The lowest BCUT2D eigenvalue weighted by Gasteiger charge is -2.33. The molecule has 0 radical (unpaired) electrons. The molecule has 1 N–H and O–H groups in total. The van der Waals surface area contributed by atoms with E-state index in [1.165, 1.54) is 6.92 Å². The van der Waals surface area contributed by atoms with Crippen molar-refractivity contribution in [3.8, 4) is 0 Å². The van der Waals surface area contributed by atoms with Gasteiger partial charge in [-0.3, -0.25) is 19.6 Å². The van der Waals surface area contributed by atoms with Crippen molar-refractivity contribution in [3.05, 3.63) is 22.5 Å². The molecule has 0 saturated heterocycles. The molecule has 22 heavy (non-hydrogen) atoms. The van der Waals surface area contributed by atoms with Crippen LogP contribution in [0.2, 0.25) is 0 Å². The highest BCUT2D eigenvalue weighted by Crippen LogP contribution is 2.39. The summed E-state index contributed by atoms with van der Waals surface area (Å²) >= 11 is 0. The van der Waals surface area contributed by atoms with Crippen molar-refractivity contribution in [2.45, 2.75) is 31.3 Å². The fourth-order valence-electron chi connectivity index (χ4n) is 1.83. The first kappa shape index (κ1) is 15.9. The maximum absolute atomic E-state index is 12.9. The molecule has 1 aromatic heterocycles. The third kappa shape index (κ3) is 2.41. The summed E-state index contributed by atoms with van der Waals surface area (Å²) in [6.07, 6.45) is -3.48. The average molecular weight is 321 g/mol. The number of amides is 1. The maximum atomic E-state index is 12.9. The number of aliphatic hydroxyl groups is 1. The maximum Gasteiger partial charge on any atom is 0.438 e. The number of hydrazone groups is 1. The topological polar surface area (TPSA) is 114 Å². The quantitative estimate of drug-likeness (QED) is 0.654. The number of halogens is 3. The van der Waals surface area contributed by atoms with E-state index < -0.39 is 40.9 Å². The van der Waals surface area contributed by atoms with Crippen LogP contribution in [0, 0.1) is 10.1 Å². The summed E-state index contributed by atoms with van der Waals surface area (Å²) in [5, 5.41) is 26.9. The molecule has 2 atom stereocenters. The van der Waals surface area contributed by atoms with Gasteiger partial charge in [0.1, 0.15) is 18.4 Å². The summed E-state index contributed by atoms with van der Waals surface area (Å²) in [5.41, 5.74) is -3.85. The summed E-state index contributed by atoms with van der Waals surface area (Å²) in [6, 6.07) is -1.32. The molecule has 1 aromatic rings. The van der Waals surface area contributed by atoms with Gasteiger partial charge in [-0.2, -0.15) is 28.4 Å². The predicted octanol–water partition coefficient (Wildman–Crippen LogP) is 0.821. The number of carbonyl (C=O) groups excluding carboxylic acids is 1. The first-order valence-corrected chi connectivity index (χ1v) is 5.92. The van der Waals surface area contributed by atoms with Gasteiger partial charge in [0, 0.05) is 12.6 Å². The van der Waals surface area contributed by atoms with Crippen LogP contribution < -0.4 is 0 Å². The van der Waals surface area contributed by atoms with E-state index in [2.05, 4.69) is 10.2 Å². The van der Waals surface area contributed by atoms with E-state index in [1.54, 1.807) is 0 Å². The van der Waals surface area contributed by atoms with Crippen LogP contribution in [-0.4, -0.2) is 48.8 Å². The standard InChI is InChI=1S/C10H10F3N5O4/c1-6(16-5-7(4-15-16)18(21)22)8(19)17-9(20,2-3-14-17)10(11,12)13/h3-6,20H,2H2,1H3/t6-,9+/m0/s1. The Morgan fingerprint density at radius 2 is 2.23 bits per heavy atom. The largest absolute Gasteiger partial charge is 0.438 e. The van der Waals surface area contributed by atoms with Crippen molar-refractivity contribution < 1.29 is 28.0 Å². The zero-order chi connectivity index (χ0) is 16.7. The Morgan fingerprint density at radius 1 is 1.59 bits per heavy atom. The number of rotatable bonds is 3. The smallest absolute Gasteiger partial charge is 0.362 e. The van der Waals surface area contributed by atoms with Gasteiger partial charge < -0.3 is 5.11 Å². The molecule has 0 fully saturated rings. The Kier molecular flexibility index (Phi) is 3.64. The van der Waals surface area contributed by atoms with Gasteiger partial charge in [-0.25, -0.2) is 0 Å². The molecule has 0 unspecified atom stereocenters. The van der Waals surface area contributed by atoms with Crippen LogP contribution >= 0.6 is 0 Å². The molecule has 2 heterocycles. The molecule has 12 heteroatoms. The minimum Gasteiger partial charge on any atom is -0.362 e. The van der Waals surface area contributed by atoms with Gasteiger partial charge in [0.2, 0.25) is 0 Å². The summed E-state index contributed by atoms with van der Waals surface area (Å²) in [6.45, 7) is 1.18. The van der Waals surface area contributed by atoms with Crippen LogP contribution in [0.25, 0.3) is 0 Å². The minimum absolute atomic E-state index is 0.0782. The van der Waals surface area contributed by atoms with E-state index in [4.69, 9.17) is 0 Å². The van der Waals surface area contributed by atoms with Crippen molar-refractivity contribution in [2.75, 3.05) is 0 Å². The molecule has 0 spiro atoms. The van der Waals surface area contributed by atoms with Gasteiger partial charge in [-0.1, -0.05) is 0 Å². The molecular formula is C10H10F3N5O4. The lowest BCUT2D eigenvalue weighted by molar-refractivity contribution is -0.385. The molecule has 1 aliphatic rings. The van der Waals surface area contributed by atoms with E-state index in [-0.39, 0.29) is 5.01 Å². The Morgan fingerprint density at radius 3 is 2.73 bits per heavy atom. The third-order valence-electron chi connectivity index (χ3n) is 3.14. The van der Waals surface area contributed by atoms with Crippen LogP contribution in [0.3, 0.4) is 0 Å². The highest BCUT2D eigenvalue weighted by Gasteiger charge is 2.62. The van der Waals surface area contributed by atoms with Crippen LogP contribution in [0.1, 0.15) is 19.4 Å². The second kappa shape index (κ2) is 5.05. The number of carbonyl (C=O) groups is 1. The fourth-order valence-corrected chi connectivity index (χ4v) is 1.83. The SMILES string of the molecule is C[C@@H](C(=O)N1N=CC[C@@]1(O)C(F)(F)F)n1cc([N+](=O)[O-])cn1. The summed E-state index contributed by atoms with van der Waals surface area (Å²) in [7, 11) is 0. The molecule has 9 nitrogen and oxygen atoms in total. The number of hydrogen-bond acceptors (Lipinski definition) is 6. The van der Waals surface area contributed by atoms with E-state index in [0.717, 1.165) is 23.3 Å². The normalized spacial score (nSPS) is 22.9. The van der Waals surface area contributed by atoms with Crippen molar-refractivity contribution in [1.82, 2.24) is 14.8 Å². The van der Waals surface area contributed by atoms with Gasteiger partial charge in [-0.05, 0) is 6.92 Å². The molecule has 120 valence electrons.